The number of hydrogen-bond donors (Lipinski definition) is 2. The minimum absolute atomic E-state index is 0.166. The zero-order chi connectivity index (χ0) is 16.5. The molecule has 0 heterocycles. The fraction of sp³-hybridized carbons (Fsp3) is 0.182. The van der Waals surface area contributed by atoms with Crippen molar-refractivity contribution in [3.05, 3.63) is 71.8 Å². The number of hydrogen-bond acceptors (Lipinski definition) is 2. The topological polar surface area (TPSA) is 40.5 Å². The smallest absolute Gasteiger partial charge is 0.0471 e. The van der Waals surface area contributed by atoms with Gasteiger partial charge in [0.1, 0.15) is 0 Å². The molecule has 0 fully saturated rings. The van der Waals surface area contributed by atoms with E-state index in [-0.39, 0.29) is 13.2 Å². The minimum Gasteiger partial charge on any atom is -0.396 e. The van der Waals surface area contributed by atoms with Crippen molar-refractivity contribution < 1.29 is 10.2 Å². The van der Waals surface area contributed by atoms with E-state index in [1.807, 2.05) is 0 Å². The lowest BCUT2D eigenvalue weighted by molar-refractivity contribution is 0.299. The predicted molar refractivity (Wildman–Crippen MR) is 101 cm³/mol. The molecule has 0 bridgehead atoms. The number of rotatable bonds is 4. The van der Waals surface area contributed by atoms with E-state index < -0.39 is 0 Å². The molecule has 0 radical (unpaired) electrons. The van der Waals surface area contributed by atoms with E-state index in [4.69, 9.17) is 0 Å². The molecule has 4 rings (SSSR count). The van der Waals surface area contributed by atoms with Gasteiger partial charge in [-0.15, -0.1) is 0 Å². The van der Waals surface area contributed by atoms with Gasteiger partial charge in [-0.3, -0.25) is 0 Å². The molecular weight excluding hydrogens is 296 g/mol. The number of aliphatic hydroxyl groups excluding tert-OH is 2. The Morgan fingerprint density at radius 1 is 0.458 bits per heavy atom. The summed E-state index contributed by atoms with van der Waals surface area (Å²) in [6.45, 7) is 0.332. The second-order valence-corrected chi connectivity index (χ2v) is 6.20. The van der Waals surface area contributed by atoms with Crippen molar-refractivity contribution in [3.63, 3.8) is 0 Å². The molecule has 0 saturated heterocycles. The minimum atomic E-state index is 0.166. The number of aliphatic hydroxyl groups is 2. The highest BCUT2D eigenvalue weighted by Gasteiger charge is 2.09. The van der Waals surface area contributed by atoms with E-state index in [1.165, 1.54) is 43.4 Å². The molecule has 24 heavy (non-hydrogen) atoms. The zero-order valence-corrected chi connectivity index (χ0v) is 13.5. The third-order valence-electron chi connectivity index (χ3n) is 4.86. The molecule has 2 N–H and O–H groups in total. The summed E-state index contributed by atoms with van der Waals surface area (Å²) in [6.07, 6.45) is 1.36. The van der Waals surface area contributed by atoms with Crippen LogP contribution in [0.2, 0.25) is 0 Å². The van der Waals surface area contributed by atoms with Crippen LogP contribution in [-0.4, -0.2) is 23.4 Å². The summed E-state index contributed by atoms with van der Waals surface area (Å²) in [5.41, 5.74) is 2.37. The average molecular weight is 316 g/mol. The fourth-order valence-corrected chi connectivity index (χ4v) is 3.75. The summed E-state index contributed by atoms with van der Waals surface area (Å²) in [6, 6.07) is 21.3. The van der Waals surface area contributed by atoms with Crippen LogP contribution in [0, 0.1) is 0 Å². The monoisotopic (exact) mass is 316 g/mol. The second-order valence-electron chi connectivity index (χ2n) is 6.20. The lowest BCUT2D eigenvalue weighted by atomic mass is 9.92. The number of fused-ring (bicyclic) bond motifs is 5. The highest BCUT2D eigenvalue weighted by Crippen LogP contribution is 2.33. The van der Waals surface area contributed by atoms with Crippen LogP contribution in [0.25, 0.3) is 32.3 Å². The molecule has 2 nitrogen and oxygen atoms in total. The molecule has 4 aromatic carbocycles. The first-order chi connectivity index (χ1) is 11.8. The molecule has 0 unspecified atom stereocenters. The van der Waals surface area contributed by atoms with Crippen LogP contribution >= 0.6 is 0 Å². The van der Waals surface area contributed by atoms with Crippen LogP contribution in [0.5, 0.6) is 0 Å². The molecule has 120 valence electrons. The first kappa shape index (κ1) is 15.1. The van der Waals surface area contributed by atoms with Gasteiger partial charge in [-0.2, -0.15) is 0 Å². The Kier molecular flexibility index (Phi) is 3.93. The van der Waals surface area contributed by atoms with Gasteiger partial charge in [-0.05, 0) is 56.3 Å². The van der Waals surface area contributed by atoms with E-state index >= 15 is 0 Å². The summed E-state index contributed by atoms with van der Waals surface area (Å²) in [5, 5.41) is 25.9. The van der Waals surface area contributed by atoms with E-state index in [2.05, 4.69) is 60.7 Å². The summed E-state index contributed by atoms with van der Waals surface area (Å²) in [7, 11) is 0. The van der Waals surface area contributed by atoms with E-state index in [1.54, 1.807) is 0 Å². The first-order valence-electron chi connectivity index (χ1n) is 8.40. The molecule has 4 aromatic rings. The van der Waals surface area contributed by atoms with Gasteiger partial charge in [0, 0.05) is 13.2 Å². The molecule has 0 aromatic heterocycles. The van der Waals surface area contributed by atoms with Gasteiger partial charge in [0.25, 0.3) is 0 Å². The maximum absolute atomic E-state index is 9.29. The average Bonchev–Trinajstić information content (AvgIpc) is 2.62. The van der Waals surface area contributed by atoms with Gasteiger partial charge in [0.2, 0.25) is 0 Å². The van der Waals surface area contributed by atoms with E-state index in [0.29, 0.717) is 12.8 Å². The largest absolute Gasteiger partial charge is 0.396 e. The van der Waals surface area contributed by atoms with Crippen molar-refractivity contribution in [2.75, 3.05) is 13.2 Å². The van der Waals surface area contributed by atoms with Crippen molar-refractivity contribution in [2.45, 2.75) is 12.8 Å². The molecule has 0 aliphatic heterocycles. The van der Waals surface area contributed by atoms with Gasteiger partial charge in [-0.1, -0.05) is 60.7 Å². The van der Waals surface area contributed by atoms with Crippen molar-refractivity contribution >= 4 is 32.3 Å². The van der Waals surface area contributed by atoms with Crippen LogP contribution < -0.4 is 0 Å². The molecular formula is C22H20O2. The summed E-state index contributed by atoms with van der Waals surface area (Å²) in [5.74, 6) is 0. The fourth-order valence-electron chi connectivity index (χ4n) is 3.75. The first-order valence-corrected chi connectivity index (χ1v) is 8.40. The summed E-state index contributed by atoms with van der Waals surface area (Å²) < 4.78 is 0. The van der Waals surface area contributed by atoms with Crippen LogP contribution in [0.15, 0.2) is 60.7 Å². The molecule has 2 heteroatoms. The Balaban J connectivity index is 2.06. The zero-order valence-electron chi connectivity index (χ0n) is 13.5. The van der Waals surface area contributed by atoms with Crippen molar-refractivity contribution in [1.82, 2.24) is 0 Å². The Labute approximate surface area is 141 Å². The Morgan fingerprint density at radius 3 is 1.25 bits per heavy atom. The normalized spacial score (nSPS) is 11.6. The predicted octanol–water partition coefficient (Wildman–Crippen LogP) is 4.22. The SMILES string of the molecule is OCCc1cccc2c1ccc1c3cccc(CCO)c3ccc21. The third-order valence-corrected chi connectivity index (χ3v) is 4.86. The maximum Gasteiger partial charge on any atom is 0.0471 e. The molecule has 0 spiro atoms. The van der Waals surface area contributed by atoms with Crippen LogP contribution in [-0.2, 0) is 12.8 Å². The Morgan fingerprint density at radius 2 is 0.833 bits per heavy atom. The van der Waals surface area contributed by atoms with Crippen molar-refractivity contribution in [3.8, 4) is 0 Å². The molecule has 0 aliphatic rings. The van der Waals surface area contributed by atoms with E-state index in [9.17, 15) is 10.2 Å². The van der Waals surface area contributed by atoms with Gasteiger partial charge in [0.15, 0.2) is 0 Å². The second kappa shape index (κ2) is 6.23. The molecule has 0 saturated carbocycles. The highest BCUT2D eigenvalue weighted by molar-refractivity contribution is 6.18. The standard InChI is InChI=1S/C22H20O2/c23-13-11-15-3-1-5-19-17(15)7-10-22-20-6-2-4-16(12-14-24)18(20)8-9-21(19)22/h1-10,23-24H,11-14H2. The third kappa shape index (κ3) is 2.35. The number of benzene rings is 4. The van der Waals surface area contributed by atoms with Gasteiger partial charge >= 0.3 is 0 Å². The van der Waals surface area contributed by atoms with Gasteiger partial charge < -0.3 is 10.2 Å². The lowest BCUT2D eigenvalue weighted by Gasteiger charge is -2.12. The Hall–Kier alpha value is -2.42. The summed E-state index contributed by atoms with van der Waals surface area (Å²) in [4.78, 5) is 0. The highest BCUT2D eigenvalue weighted by atomic mass is 16.3. The summed E-state index contributed by atoms with van der Waals surface area (Å²) >= 11 is 0. The molecule has 0 aliphatic carbocycles. The Bertz CT molecular complexity index is 949. The van der Waals surface area contributed by atoms with Gasteiger partial charge in [0.05, 0.1) is 0 Å². The molecule has 0 amide bonds. The lowest BCUT2D eigenvalue weighted by Crippen LogP contribution is -1.94. The maximum atomic E-state index is 9.29. The van der Waals surface area contributed by atoms with Crippen molar-refractivity contribution in [1.29, 1.82) is 0 Å². The van der Waals surface area contributed by atoms with Crippen LogP contribution in [0.1, 0.15) is 11.1 Å². The van der Waals surface area contributed by atoms with Crippen LogP contribution in [0.3, 0.4) is 0 Å². The van der Waals surface area contributed by atoms with Crippen molar-refractivity contribution in [2.24, 2.45) is 0 Å². The quantitative estimate of drug-likeness (QED) is 0.554. The van der Waals surface area contributed by atoms with Gasteiger partial charge in [-0.25, -0.2) is 0 Å². The van der Waals surface area contributed by atoms with Crippen LogP contribution in [0.4, 0.5) is 0 Å². The van der Waals surface area contributed by atoms with E-state index in [0.717, 1.165) is 0 Å². The molecule has 0 atom stereocenters.